The molecule has 0 saturated heterocycles. The third-order valence-electron chi connectivity index (χ3n) is 5.22. The van der Waals surface area contributed by atoms with Gasteiger partial charge in [-0.15, -0.1) is 0 Å². The van der Waals surface area contributed by atoms with Gasteiger partial charge in [0.15, 0.2) is 0 Å². The van der Waals surface area contributed by atoms with Crippen molar-refractivity contribution in [2.75, 3.05) is 13.1 Å². The van der Waals surface area contributed by atoms with Gasteiger partial charge in [-0.3, -0.25) is 4.79 Å². The number of fused-ring (bicyclic) bond motifs is 1. The molecule has 1 aromatic heterocycles. The molecule has 1 aliphatic heterocycles. The summed E-state index contributed by atoms with van der Waals surface area (Å²) in [6.45, 7) is 8.87. The van der Waals surface area contributed by atoms with Crippen molar-refractivity contribution in [1.82, 2.24) is 19.7 Å². The number of amides is 3. The summed E-state index contributed by atoms with van der Waals surface area (Å²) in [5.74, 6) is -0.105. The lowest BCUT2D eigenvalue weighted by Crippen LogP contribution is -2.52. The Morgan fingerprint density at radius 3 is 2.50 bits per heavy atom. The van der Waals surface area contributed by atoms with Crippen LogP contribution < -0.4 is 5.32 Å². The third kappa shape index (κ3) is 4.76. The normalized spacial score (nSPS) is 16.0. The molecule has 3 amide bonds. The maximum Gasteiger partial charge on any atom is 0.318 e. The van der Waals surface area contributed by atoms with E-state index in [2.05, 4.69) is 9.88 Å². The lowest BCUT2D eigenvalue weighted by molar-refractivity contribution is -0.134. The second-order valence-corrected chi connectivity index (χ2v) is 8.93. The first-order valence-corrected chi connectivity index (χ1v) is 10.9. The van der Waals surface area contributed by atoms with E-state index >= 15 is 0 Å². The molecule has 1 aliphatic rings. The topological polar surface area (TPSA) is 57.6 Å². The summed E-state index contributed by atoms with van der Waals surface area (Å²) in [6.07, 6.45) is 2.01. The summed E-state index contributed by atoms with van der Waals surface area (Å²) in [4.78, 5) is 29.4. The lowest BCUT2D eigenvalue weighted by atomic mass is 9.99. The molecule has 0 unspecified atom stereocenters. The maximum absolute atomic E-state index is 13.4. The van der Waals surface area contributed by atoms with Crippen molar-refractivity contribution in [3.8, 4) is 0 Å². The smallest absolute Gasteiger partial charge is 0.318 e. The van der Waals surface area contributed by atoms with Crippen LogP contribution in [0.1, 0.15) is 45.0 Å². The van der Waals surface area contributed by atoms with Gasteiger partial charge in [-0.05, 0) is 57.5 Å². The maximum atomic E-state index is 13.4. The number of benzene rings is 1. The summed E-state index contributed by atoms with van der Waals surface area (Å²) in [5, 5.41) is 3.80. The second-order valence-electron chi connectivity index (χ2n) is 8.12. The number of aromatic nitrogens is 1. The van der Waals surface area contributed by atoms with E-state index in [0.29, 0.717) is 23.1 Å². The molecule has 1 aromatic carbocycles. The van der Waals surface area contributed by atoms with Gasteiger partial charge >= 0.3 is 6.03 Å². The Morgan fingerprint density at radius 1 is 1.13 bits per heavy atom. The average Bonchev–Trinajstić information content (AvgIpc) is 3.15. The van der Waals surface area contributed by atoms with Gasteiger partial charge in [-0.25, -0.2) is 4.79 Å². The number of urea groups is 1. The van der Waals surface area contributed by atoms with Gasteiger partial charge in [0.1, 0.15) is 6.54 Å². The van der Waals surface area contributed by atoms with Crippen LogP contribution in [0.2, 0.25) is 10.0 Å². The van der Waals surface area contributed by atoms with E-state index in [1.54, 1.807) is 11.0 Å². The third-order valence-corrected chi connectivity index (χ3v) is 5.96. The van der Waals surface area contributed by atoms with Gasteiger partial charge in [0.2, 0.25) is 5.91 Å². The Hall–Kier alpha value is -2.18. The quantitative estimate of drug-likeness (QED) is 0.725. The van der Waals surface area contributed by atoms with Crippen LogP contribution in [0.15, 0.2) is 36.5 Å². The monoisotopic (exact) mass is 450 g/mol. The highest BCUT2D eigenvalue weighted by molar-refractivity contribution is 6.42. The van der Waals surface area contributed by atoms with E-state index in [4.69, 9.17) is 23.2 Å². The van der Waals surface area contributed by atoms with E-state index in [1.165, 1.54) is 0 Å². The van der Waals surface area contributed by atoms with Crippen LogP contribution in [-0.4, -0.2) is 51.5 Å². The zero-order valence-electron chi connectivity index (χ0n) is 17.7. The van der Waals surface area contributed by atoms with Gasteiger partial charge in [0.25, 0.3) is 0 Å². The van der Waals surface area contributed by atoms with Crippen LogP contribution in [0.5, 0.6) is 0 Å². The molecule has 6 nitrogen and oxygen atoms in total. The average molecular weight is 451 g/mol. The number of hydrogen-bond donors (Lipinski definition) is 1. The van der Waals surface area contributed by atoms with Crippen molar-refractivity contribution >= 4 is 35.1 Å². The summed E-state index contributed by atoms with van der Waals surface area (Å²) in [5.41, 5.74) is 1.90. The Balaban J connectivity index is 1.91. The fraction of sp³-hybridized carbons (Fsp3) is 0.455. The fourth-order valence-electron chi connectivity index (χ4n) is 3.74. The second kappa shape index (κ2) is 9.31. The standard InChI is InChI=1S/C22H28Cl2N4O2/c1-14(2)25-22(30)28(15(3)4)13-20(29)27-11-10-26-9-5-6-19(26)21(27)16-7-8-17(23)18(24)12-16/h5-9,12,14-15,21H,10-11,13H2,1-4H3,(H,25,30)/t21-/m0/s1. The molecule has 162 valence electrons. The van der Waals surface area contributed by atoms with Crippen LogP contribution in [0.4, 0.5) is 4.79 Å². The highest BCUT2D eigenvalue weighted by Crippen LogP contribution is 2.35. The van der Waals surface area contributed by atoms with E-state index in [9.17, 15) is 9.59 Å². The Kier molecular flexibility index (Phi) is 6.98. The molecule has 0 radical (unpaired) electrons. The van der Waals surface area contributed by atoms with Gasteiger partial charge in [-0.1, -0.05) is 29.3 Å². The van der Waals surface area contributed by atoms with Gasteiger partial charge < -0.3 is 19.7 Å². The zero-order valence-corrected chi connectivity index (χ0v) is 19.2. The fourth-order valence-corrected chi connectivity index (χ4v) is 4.05. The minimum atomic E-state index is -0.293. The molecule has 8 heteroatoms. The van der Waals surface area contributed by atoms with Crippen molar-refractivity contribution in [1.29, 1.82) is 0 Å². The van der Waals surface area contributed by atoms with E-state index < -0.39 is 0 Å². The number of nitrogens with one attached hydrogen (secondary N) is 1. The van der Waals surface area contributed by atoms with Crippen molar-refractivity contribution in [3.05, 3.63) is 57.8 Å². The predicted octanol–water partition coefficient (Wildman–Crippen LogP) is 4.55. The van der Waals surface area contributed by atoms with Gasteiger partial charge in [-0.2, -0.15) is 0 Å². The number of hydrogen-bond acceptors (Lipinski definition) is 2. The molecule has 2 heterocycles. The Bertz CT molecular complexity index is 926. The van der Waals surface area contributed by atoms with Crippen LogP contribution in [0.3, 0.4) is 0 Å². The first-order valence-electron chi connectivity index (χ1n) is 10.2. The molecule has 2 aromatic rings. The zero-order chi connectivity index (χ0) is 22.0. The summed E-state index contributed by atoms with van der Waals surface area (Å²) in [7, 11) is 0. The van der Waals surface area contributed by atoms with Crippen LogP contribution >= 0.6 is 23.2 Å². The summed E-state index contributed by atoms with van der Waals surface area (Å²) >= 11 is 12.4. The summed E-state index contributed by atoms with van der Waals surface area (Å²) < 4.78 is 2.14. The molecule has 30 heavy (non-hydrogen) atoms. The van der Waals surface area contributed by atoms with Crippen molar-refractivity contribution in [2.45, 2.75) is 52.4 Å². The largest absolute Gasteiger partial charge is 0.348 e. The molecular weight excluding hydrogens is 423 g/mol. The minimum absolute atomic E-state index is 0.00364. The minimum Gasteiger partial charge on any atom is -0.348 e. The molecular formula is C22H28Cl2N4O2. The molecule has 0 saturated carbocycles. The van der Waals surface area contributed by atoms with Crippen LogP contribution in [0, 0.1) is 0 Å². The van der Waals surface area contributed by atoms with E-state index in [1.807, 2.05) is 63.1 Å². The molecule has 1 N–H and O–H groups in total. The molecule has 0 aliphatic carbocycles. The number of carbonyl (C=O) groups excluding carboxylic acids is 2. The van der Waals surface area contributed by atoms with Gasteiger partial charge in [0.05, 0.1) is 16.1 Å². The molecule has 1 atom stereocenters. The number of carbonyl (C=O) groups is 2. The first-order chi connectivity index (χ1) is 14.2. The number of nitrogens with zero attached hydrogens (tertiary/aromatic N) is 3. The molecule has 0 bridgehead atoms. The van der Waals surface area contributed by atoms with E-state index in [-0.39, 0.29) is 36.6 Å². The molecule has 0 spiro atoms. The highest BCUT2D eigenvalue weighted by atomic mass is 35.5. The molecule has 3 rings (SSSR count). The van der Waals surface area contributed by atoms with Crippen LogP contribution in [0.25, 0.3) is 0 Å². The number of rotatable bonds is 5. The predicted molar refractivity (Wildman–Crippen MR) is 120 cm³/mol. The van der Waals surface area contributed by atoms with Crippen molar-refractivity contribution in [3.63, 3.8) is 0 Å². The lowest BCUT2D eigenvalue weighted by Gasteiger charge is -2.39. The van der Waals surface area contributed by atoms with Crippen molar-refractivity contribution < 1.29 is 9.59 Å². The van der Waals surface area contributed by atoms with Gasteiger partial charge in [0, 0.05) is 37.1 Å². The number of halogens is 2. The van der Waals surface area contributed by atoms with E-state index in [0.717, 1.165) is 11.3 Å². The SMILES string of the molecule is CC(C)NC(=O)N(CC(=O)N1CCn2cccc2[C@@H]1c1ccc(Cl)c(Cl)c1)C(C)C. The highest BCUT2D eigenvalue weighted by Gasteiger charge is 2.34. The van der Waals surface area contributed by atoms with Crippen LogP contribution in [-0.2, 0) is 11.3 Å². The Morgan fingerprint density at radius 2 is 1.87 bits per heavy atom. The van der Waals surface area contributed by atoms with Crippen molar-refractivity contribution in [2.24, 2.45) is 0 Å². The summed E-state index contributed by atoms with van der Waals surface area (Å²) in [6, 6.07) is 8.80. The molecule has 0 fully saturated rings. The first kappa shape index (κ1) is 22.5. The Labute approximate surface area is 187 Å².